The topological polar surface area (TPSA) is 103 Å². The number of pyridine rings is 1. The fourth-order valence-electron chi connectivity index (χ4n) is 5.01. The first-order chi connectivity index (χ1) is 17.8. The van der Waals surface area contributed by atoms with Gasteiger partial charge in [0.15, 0.2) is 17.3 Å². The van der Waals surface area contributed by atoms with Gasteiger partial charge in [-0.3, -0.25) is 0 Å². The third kappa shape index (κ3) is 3.59. The van der Waals surface area contributed by atoms with Crippen molar-refractivity contribution in [3.05, 3.63) is 77.0 Å². The van der Waals surface area contributed by atoms with E-state index in [4.69, 9.17) is 15.1 Å². The number of rotatable bonds is 5. The Bertz CT molecular complexity index is 1690. The molecule has 4 aromatic heterocycles. The maximum atomic E-state index is 14.4. The molecule has 0 saturated heterocycles. The largest absolute Gasteiger partial charge is 0.359 e. The molecular weight excluding hydrogens is 471 g/mol. The van der Waals surface area contributed by atoms with Crippen LogP contribution in [0.3, 0.4) is 0 Å². The van der Waals surface area contributed by atoms with E-state index in [-0.39, 0.29) is 12.4 Å². The number of carbonyl (C=O) groups excluding carboxylic acids is 1. The van der Waals surface area contributed by atoms with Crippen molar-refractivity contribution in [2.75, 3.05) is 5.32 Å². The van der Waals surface area contributed by atoms with Crippen LogP contribution in [0.5, 0.6) is 0 Å². The molecule has 6 rings (SSSR count). The second-order valence-electron chi connectivity index (χ2n) is 9.89. The SMILES string of the molecule is Cc1cc(C)n(-c2nc(-c3nn(Cc4ccccc4F)c4ncccc34)nc3c2C(C)(C)C(C=O)N3)n1. The Labute approximate surface area is 212 Å². The van der Waals surface area contributed by atoms with Gasteiger partial charge in [-0.2, -0.15) is 10.2 Å². The molecule has 9 nitrogen and oxygen atoms in total. The maximum absolute atomic E-state index is 14.4. The van der Waals surface area contributed by atoms with E-state index in [2.05, 4.69) is 15.4 Å². The summed E-state index contributed by atoms with van der Waals surface area (Å²) in [5, 5.41) is 13.5. The van der Waals surface area contributed by atoms with Crippen LogP contribution in [-0.2, 0) is 16.8 Å². The van der Waals surface area contributed by atoms with E-state index in [1.807, 2.05) is 45.9 Å². The van der Waals surface area contributed by atoms with Gasteiger partial charge in [-0.25, -0.2) is 28.7 Å². The summed E-state index contributed by atoms with van der Waals surface area (Å²) in [5.74, 6) is 1.21. The number of carbonyl (C=O) groups is 1. The van der Waals surface area contributed by atoms with Crippen molar-refractivity contribution in [1.82, 2.24) is 34.5 Å². The highest BCUT2D eigenvalue weighted by atomic mass is 19.1. The van der Waals surface area contributed by atoms with Crippen molar-refractivity contribution in [1.29, 1.82) is 0 Å². The number of hydrogen-bond acceptors (Lipinski definition) is 7. The van der Waals surface area contributed by atoms with Gasteiger partial charge in [-0.1, -0.05) is 32.0 Å². The maximum Gasteiger partial charge on any atom is 0.184 e. The van der Waals surface area contributed by atoms with Crippen molar-refractivity contribution < 1.29 is 9.18 Å². The number of aldehydes is 1. The van der Waals surface area contributed by atoms with Crippen molar-refractivity contribution in [3.8, 4) is 17.3 Å². The molecule has 0 amide bonds. The Morgan fingerprint density at radius 3 is 2.65 bits per heavy atom. The highest BCUT2D eigenvalue weighted by Crippen LogP contribution is 2.43. The normalized spacial score (nSPS) is 16.1. The molecule has 1 unspecified atom stereocenters. The summed E-state index contributed by atoms with van der Waals surface area (Å²) in [4.78, 5) is 26.3. The molecule has 0 saturated carbocycles. The summed E-state index contributed by atoms with van der Waals surface area (Å²) < 4.78 is 17.9. The summed E-state index contributed by atoms with van der Waals surface area (Å²) in [6.45, 7) is 8.07. The first kappa shape index (κ1) is 23.0. The predicted octanol–water partition coefficient (Wildman–Crippen LogP) is 4.15. The van der Waals surface area contributed by atoms with E-state index < -0.39 is 11.5 Å². The minimum atomic E-state index is -0.564. The lowest BCUT2D eigenvalue weighted by molar-refractivity contribution is -0.109. The van der Waals surface area contributed by atoms with Crippen LogP contribution in [0.4, 0.5) is 10.2 Å². The Morgan fingerprint density at radius 2 is 1.92 bits per heavy atom. The third-order valence-corrected chi connectivity index (χ3v) is 6.95. The number of nitrogens with one attached hydrogen (secondary N) is 1. The zero-order chi connectivity index (χ0) is 25.9. The number of halogens is 1. The van der Waals surface area contributed by atoms with Crippen LogP contribution >= 0.6 is 0 Å². The van der Waals surface area contributed by atoms with E-state index in [9.17, 15) is 9.18 Å². The van der Waals surface area contributed by atoms with Crippen LogP contribution in [0.25, 0.3) is 28.4 Å². The molecule has 0 aliphatic carbocycles. The molecule has 1 aliphatic rings. The van der Waals surface area contributed by atoms with E-state index in [0.29, 0.717) is 34.4 Å². The fourth-order valence-corrected chi connectivity index (χ4v) is 5.01. The number of anilines is 1. The zero-order valence-corrected chi connectivity index (χ0v) is 20.9. The highest BCUT2D eigenvalue weighted by Gasteiger charge is 2.44. The number of benzene rings is 1. The van der Waals surface area contributed by atoms with Crippen LogP contribution in [0.1, 0.15) is 36.4 Å². The standard InChI is InChI=1S/C27H25FN8O/c1-15-12-16(2)36(33-15)26-21-23(30-20(14-37)27(21,3)4)31-24(32-26)22-18-9-7-11-29-25(18)35(34-22)13-17-8-5-6-10-19(17)28/h5-12,14,20H,13H2,1-4H3,(H,30,31,32). The van der Waals surface area contributed by atoms with Crippen LogP contribution < -0.4 is 5.32 Å². The lowest BCUT2D eigenvalue weighted by Crippen LogP contribution is -2.35. The minimum Gasteiger partial charge on any atom is -0.359 e. The van der Waals surface area contributed by atoms with Crippen molar-refractivity contribution in [2.24, 2.45) is 0 Å². The van der Waals surface area contributed by atoms with Gasteiger partial charge in [0.05, 0.1) is 23.7 Å². The monoisotopic (exact) mass is 496 g/mol. The molecule has 0 bridgehead atoms. The van der Waals surface area contributed by atoms with Gasteiger partial charge in [-0.15, -0.1) is 0 Å². The number of aromatic nitrogens is 7. The third-order valence-electron chi connectivity index (χ3n) is 6.95. The molecule has 1 atom stereocenters. The van der Waals surface area contributed by atoms with Crippen LogP contribution in [-0.4, -0.2) is 46.8 Å². The molecule has 0 fully saturated rings. The van der Waals surface area contributed by atoms with Crippen molar-refractivity contribution >= 4 is 23.1 Å². The molecule has 37 heavy (non-hydrogen) atoms. The van der Waals surface area contributed by atoms with E-state index in [1.54, 1.807) is 33.8 Å². The van der Waals surface area contributed by atoms with Gasteiger partial charge < -0.3 is 10.1 Å². The second-order valence-corrected chi connectivity index (χ2v) is 9.89. The molecule has 5 heterocycles. The van der Waals surface area contributed by atoms with Gasteiger partial charge in [0, 0.05) is 28.4 Å². The molecule has 0 spiro atoms. The van der Waals surface area contributed by atoms with Gasteiger partial charge in [-0.05, 0) is 38.1 Å². The smallest absolute Gasteiger partial charge is 0.184 e. The van der Waals surface area contributed by atoms with Gasteiger partial charge in [0.1, 0.15) is 23.6 Å². The first-order valence-corrected chi connectivity index (χ1v) is 12.0. The summed E-state index contributed by atoms with van der Waals surface area (Å²) in [7, 11) is 0. The van der Waals surface area contributed by atoms with E-state index >= 15 is 0 Å². The Morgan fingerprint density at radius 1 is 1.11 bits per heavy atom. The summed E-state index contributed by atoms with van der Waals surface area (Å²) in [5.41, 5.74) is 3.62. The van der Waals surface area contributed by atoms with Crippen molar-refractivity contribution in [3.63, 3.8) is 0 Å². The minimum absolute atomic E-state index is 0.202. The second kappa shape index (κ2) is 8.29. The molecule has 1 aromatic carbocycles. The van der Waals surface area contributed by atoms with Gasteiger partial charge in [0.25, 0.3) is 0 Å². The fraction of sp³-hybridized carbons (Fsp3) is 0.259. The molecular formula is C27H25FN8O. The lowest BCUT2D eigenvalue weighted by Gasteiger charge is -2.24. The number of aryl methyl sites for hydroxylation is 2. The Kier molecular flexibility index (Phi) is 5.15. The molecule has 1 aliphatic heterocycles. The molecule has 1 N–H and O–H groups in total. The van der Waals surface area contributed by atoms with Gasteiger partial charge >= 0.3 is 0 Å². The first-order valence-electron chi connectivity index (χ1n) is 12.0. The molecule has 0 radical (unpaired) electrons. The average Bonchev–Trinajstić information content (AvgIpc) is 3.50. The van der Waals surface area contributed by atoms with Crippen LogP contribution in [0, 0.1) is 19.7 Å². The van der Waals surface area contributed by atoms with E-state index in [0.717, 1.165) is 28.6 Å². The summed E-state index contributed by atoms with van der Waals surface area (Å²) >= 11 is 0. The predicted molar refractivity (Wildman–Crippen MR) is 137 cm³/mol. The highest BCUT2D eigenvalue weighted by molar-refractivity contribution is 5.90. The van der Waals surface area contributed by atoms with Crippen LogP contribution in [0.2, 0.25) is 0 Å². The lowest BCUT2D eigenvalue weighted by atomic mass is 9.81. The summed E-state index contributed by atoms with van der Waals surface area (Å²) in [6, 6.07) is 11.8. The van der Waals surface area contributed by atoms with E-state index in [1.165, 1.54) is 6.07 Å². The Hall–Kier alpha value is -4.47. The average molecular weight is 497 g/mol. The van der Waals surface area contributed by atoms with Gasteiger partial charge in [0.2, 0.25) is 0 Å². The molecule has 5 aromatic rings. The Balaban J connectivity index is 1.58. The number of nitrogens with zero attached hydrogens (tertiary/aromatic N) is 7. The van der Waals surface area contributed by atoms with Crippen molar-refractivity contribution in [2.45, 2.75) is 45.7 Å². The molecule has 186 valence electrons. The number of fused-ring (bicyclic) bond motifs is 2. The van der Waals surface area contributed by atoms with Crippen LogP contribution in [0.15, 0.2) is 48.7 Å². The zero-order valence-electron chi connectivity index (χ0n) is 20.9. The number of hydrogen-bond donors (Lipinski definition) is 1. The quantitative estimate of drug-likeness (QED) is 0.365. The summed E-state index contributed by atoms with van der Waals surface area (Å²) in [6.07, 6.45) is 2.57. The molecule has 10 heteroatoms.